The Morgan fingerprint density at radius 1 is 0.850 bits per heavy atom. The molecule has 0 atom stereocenters. The number of allylic oxidation sites excluding steroid dienone is 2. The Morgan fingerprint density at radius 2 is 1.38 bits per heavy atom. The molecule has 10 heteroatoms. The SMILES string of the molecule is CSc1cc2c(cn1)CC(=O)C(C#N)=C2Cl.CSc1cc2c(cn1)CC(=O)C(C#N)=C2N1CCC2(CCC2)CC1. The summed E-state index contributed by atoms with van der Waals surface area (Å²) in [7, 11) is 0. The molecule has 204 valence electrons. The monoisotopic (exact) mass is 589 g/mol. The normalized spacial score (nSPS) is 19.2. The van der Waals surface area contributed by atoms with Crippen molar-refractivity contribution in [2.75, 3.05) is 25.6 Å². The van der Waals surface area contributed by atoms with Gasteiger partial charge in [0.15, 0.2) is 11.6 Å². The van der Waals surface area contributed by atoms with Crippen molar-refractivity contribution in [1.82, 2.24) is 14.9 Å². The average molecular weight is 590 g/mol. The molecule has 7 nitrogen and oxygen atoms in total. The quantitative estimate of drug-likeness (QED) is 0.408. The molecule has 0 unspecified atom stereocenters. The number of likely N-dealkylation sites (tertiary alicyclic amines) is 1. The van der Waals surface area contributed by atoms with Crippen LogP contribution >= 0.6 is 35.1 Å². The van der Waals surface area contributed by atoms with E-state index in [1.54, 1.807) is 18.0 Å². The van der Waals surface area contributed by atoms with Gasteiger partial charge in [0.05, 0.1) is 20.8 Å². The highest BCUT2D eigenvalue weighted by atomic mass is 35.5. The smallest absolute Gasteiger partial charge is 0.179 e. The van der Waals surface area contributed by atoms with Gasteiger partial charge < -0.3 is 4.90 Å². The van der Waals surface area contributed by atoms with Crippen LogP contribution in [0.15, 0.2) is 45.7 Å². The predicted octanol–water partition coefficient (Wildman–Crippen LogP) is 5.83. The molecule has 0 N–H and O–H groups in total. The highest BCUT2D eigenvalue weighted by molar-refractivity contribution is 7.98. The maximum atomic E-state index is 12.5. The third-order valence-electron chi connectivity index (χ3n) is 8.33. The summed E-state index contributed by atoms with van der Waals surface area (Å²) in [5, 5.41) is 20.4. The lowest BCUT2D eigenvalue weighted by Gasteiger charge is -2.49. The molecule has 4 aliphatic rings. The zero-order valence-corrected chi connectivity index (χ0v) is 24.8. The second kappa shape index (κ2) is 11.8. The lowest BCUT2D eigenvalue weighted by molar-refractivity contribution is -0.115. The number of nitrogens with zero attached hydrogens (tertiary/aromatic N) is 5. The van der Waals surface area contributed by atoms with E-state index >= 15 is 0 Å². The van der Waals surface area contributed by atoms with Crippen LogP contribution in [0.5, 0.6) is 0 Å². The number of nitriles is 2. The van der Waals surface area contributed by atoms with Crippen molar-refractivity contribution in [2.24, 2.45) is 5.41 Å². The topological polar surface area (TPSA) is 111 Å². The molecule has 0 radical (unpaired) electrons. The van der Waals surface area contributed by atoms with Gasteiger partial charge in [-0.3, -0.25) is 9.59 Å². The van der Waals surface area contributed by atoms with Crippen LogP contribution in [0.2, 0.25) is 0 Å². The number of piperidine rings is 1. The van der Waals surface area contributed by atoms with Crippen LogP contribution in [-0.4, -0.2) is 52.0 Å². The van der Waals surface area contributed by atoms with E-state index in [9.17, 15) is 14.9 Å². The Kier molecular flexibility index (Phi) is 8.37. The summed E-state index contributed by atoms with van der Waals surface area (Å²) >= 11 is 9.12. The van der Waals surface area contributed by atoms with E-state index in [0.717, 1.165) is 51.1 Å². The number of fused-ring (bicyclic) bond motifs is 2. The minimum Gasteiger partial charge on any atom is -0.370 e. The summed E-state index contributed by atoms with van der Waals surface area (Å²) < 4.78 is 0. The van der Waals surface area contributed by atoms with Gasteiger partial charge in [0.25, 0.3) is 0 Å². The van der Waals surface area contributed by atoms with E-state index in [-0.39, 0.29) is 28.6 Å². The van der Waals surface area contributed by atoms with Gasteiger partial charge in [0, 0.05) is 49.5 Å². The van der Waals surface area contributed by atoms with E-state index in [1.807, 2.05) is 36.9 Å². The van der Waals surface area contributed by atoms with E-state index in [1.165, 1.54) is 43.9 Å². The van der Waals surface area contributed by atoms with E-state index in [2.05, 4.69) is 20.9 Å². The van der Waals surface area contributed by atoms with Gasteiger partial charge in [-0.2, -0.15) is 10.5 Å². The molecule has 0 bridgehead atoms. The molecule has 6 rings (SSSR count). The molecule has 2 aromatic heterocycles. The number of ketones is 2. The molecule has 3 heterocycles. The Hall–Kier alpha value is -3.11. The van der Waals surface area contributed by atoms with Gasteiger partial charge >= 0.3 is 0 Å². The zero-order valence-electron chi connectivity index (χ0n) is 22.4. The summed E-state index contributed by atoms with van der Waals surface area (Å²) in [5.74, 6) is -0.304. The number of hydrogen-bond donors (Lipinski definition) is 0. The number of hydrogen-bond acceptors (Lipinski definition) is 9. The minimum absolute atomic E-state index is 0.0485. The van der Waals surface area contributed by atoms with Gasteiger partial charge in [-0.05, 0) is 66.9 Å². The molecule has 2 aromatic rings. The summed E-state index contributed by atoms with van der Waals surface area (Å²) in [6, 6.07) is 7.90. The molecule has 40 heavy (non-hydrogen) atoms. The number of thioether (sulfide) groups is 2. The molecular formula is C30H28ClN5O2S2. The van der Waals surface area contributed by atoms with Crippen molar-refractivity contribution < 1.29 is 9.59 Å². The second-order valence-corrected chi connectivity index (χ2v) is 12.5. The third-order valence-corrected chi connectivity index (χ3v) is 10.0. The van der Waals surface area contributed by atoms with Crippen molar-refractivity contribution in [3.63, 3.8) is 0 Å². The lowest BCUT2D eigenvalue weighted by Crippen LogP contribution is -2.43. The number of halogens is 1. The molecule has 1 spiro atoms. The predicted molar refractivity (Wildman–Crippen MR) is 157 cm³/mol. The fraction of sp³-hybridized carbons (Fsp3) is 0.400. The maximum absolute atomic E-state index is 12.5. The van der Waals surface area contributed by atoms with Crippen LogP contribution in [0.4, 0.5) is 0 Å². The van der Waals surface area contributed by atoms with Crippen LogP contribution < -0.4 is 0 Å². The number of Topliss-reactive ketones (excluding diaryl/α,β-unsaturated/α-hetero) is 2. The highest BCUT2D eigenvalue weighted by Crippen LogP contribution is 2.50. The van der Waals surface area contributed by atoms with Crippen molar-refractivity contribution in [3.05, 3.63) is 57.9 Å². The Balaban J connectivity index is 0.000000176. The van der Waals surface area contributed by atoms with Crippen LogP contribution in [0.3, 0.4) is 0 Å². The molecule has 1 saturated heterocycles. The van der Waals surface area contributed by atoms with Crippen LogP contribution in [-0.2, 0) is 22.4 Å². The van der Waals surface area contributed by atoms with E-state index < -0.39 is 0 Å². The van der Waals surface area contributed by atoms with E-state index in [4.69, 9.17) is 16.9 Å². The van der Waals surface area contributed by atoms with Gasteiger partial charge in [-0.25, -0.2) is 9.97 Å². The molecule has 2 fully saturated rings. The summed E-state index contributed by atoms with van der Waals surface area (Å²) in [6.45, 7) is 1.90. The van der Waals surface area contributed by atoms with Crippen molar-refractivity contribution in [3.8, 4) is 12.1 Å². The van der Waals surface area contributed by atoms with Crippen molar-refractivity contribution in [2.45, 2.75) is 55.0 Å². The largest absolute Gasteiger partial charge is 0.370 e. The summed E-state index contributed by atoms with van der Waals surface area (Å²) in [4.78, 5) is 34.9. The number of carbonyl (C=O) groups excluding carboxylic acids is 2. The molecule has 0 amide bonds. The molecule has 1 aliphatic heterocycles. The first-order valence-electron chi connectivity index (χ1n) is 13.1. The van der Waals surface area contributed by atoms with Gasteiger partial charge in [-0.15, -0.1) is 23.5 Å². The Morgan fingerprint density at radius 3 is 1.88 bits per heavy atom. The Labute approximate surface area is 247 Å². The summed E-state index contributed by atoms with van der Waals surface area (Å²) in [5.41, 5.74) is 5.32. The summed E-state index contributed by atoms with van der Waals surface area (Å²) in [6.07, 6.45) is 14.3. The number of carbonyl (C=O) groups is 2. The first-order valence-corrected chi connectivity index (χ1v) is 16.0. The lowest BCUT2D eigenvalue weighted by atomic mass is 9.63. The van der Waals surface area contributed by atoms with Crippen LogP contribution in [0.1, 0.15) is 54.4 Å². The van der Waals surface area contributed by atoms with Gasteiger partial charge in [0.1, 0.15) is 23.3 Å². The van der Waals surface area contributed by atoms with Crippen LogP contribution in [0.25, 0.3) is 10.7 Å². The number of pyridine rings is 2. The standard InChI is InChI=1S/C19H21N3OS.C11H7ClN2OS/c1-24-17-10-14-13(12-21-17)9-16(23)15(11-20)18(14)22-7-5-19(6-8-22)3-2-4-19;1-16-10-3-7-6(5-14-10)2-9(15)8(4-13)11(7)12/h10,12H,2-9H2,1H3;3,5H,2H2,1H3. The average Bonchev–Trinajstić information content (AvgIpc) is 2.96. The number of aromatic nitrogens is 2. The first-order chi connectivity index (χ1) is 19.3. The highest BCUT2D eigenvalue weighted by Gasteiger charge is 2.41. The maximum Gasteiger partial charge on any atom is 0.179 e. The van der Waals surface area contributed by atoms with Gasteiger partial charge in [0.2, 0.25) is 0 Å². The van der Waals surface area contributed by atoms with Crippen molar-refractivity contribution >= 4 is 57.4 Å². The molecule has 0 aromatic carbocycles. The van der Waals surface area contributed by atoms with Gasteiger partial charge in [-0.1, -0.05) is 18.0 Å². The Bertz CT molecular complexity index is 1540. The fourth-order valence-electron chi connectivity index (χ4n) is 5.84. The molecule has 3 aliphatic carbocycles. The molecule has 1 saturated carbocycles. The third kappa shape index (κ3) is 5.31. The van der Waals surface area contributed by atoms with Crippen LogP contribution in [0, 0.1) is 28.1 Å². The second-order valence-electron chi connectivity index (χ2n) is 10.4. The van der Waals surface area contributed by atoms with E-state index in [0.29, 0.717) is 17.4 Å². The van der Waals surface area contributed by atoms with Crippen molar-refractivity contribution in [1.29, 1.82) is 10.5 Å². The number of rotatable bonds is 3. The molecular weight excluding hydrogens is 562 g/mol. The first kappa shape index (κ1) is 28.4. The minimum atomic E-state index is -0.237. The zero-order chi connectivity index (χ0) is 28.4. The fourth-order valence-corrected chi connectivity index (χ4v) is 6.95.